The van der Waals surface area contributed by atoms with E-state index < -0.39 is 17.9 Å². The summed E-state index contributed by atoms with van der Waals surface area (Å²) in [7, 11) is 3.00. The van der Waals surface area contributed by atoms with E-state index in [-0.39, 0.29) is 17.0 Å². The fourth-order valence-electron chi connectivity index (χ4n) is 2.45. The molecule has 1 atom stereocenters. The van der Waals surface area contributed by atoms with Crippen molar-refractivity contribution in [3.8, 4) is 0 Å². The molecule has 0 aliphatic rings. The first-order valence-corrected chi connectivity index (χ1v) is 8.09. The van der Waals surface area contributed by atoms with Crippen LogP contribution < -0.4 is 16.4 Å². The van der Waals surface area contributed by atoms with Crippen LogP contribution >= 0.6 is 0 Å². The second kappa shape index (κ2) is 9.25. The van der Waals surface area contributed by atoms with Gasteiger partial charge in [0.15, 0.2) is 0 Å². The Bertz CT molecular complexity index is 865. The van der Waals surface area contributed by atoms with Crippen LogP contribution in [0.2, 0.25) is 0 Å². The van der Waals surface area contributed by atoms with Crippen molar-refractivity contribution in [2.24, 2.45) is 5.73 Å². The number of nitrogens with one attached hydrogen (secondary N) is 3. The lowest BCUT2D eigenvalue weighted by atomic mass is 10.0. The van der Waals surface area contributed by atoms with Crippen LogP contribution in [0.15, 0.2) is 54.4 Å². The molecule has 0 bridgehead atoms. The summed E-state index contributed by atoms with van der Waals surface area (Å²) < 4.78 is 5.56. The van der Waals surface area contributed by atoms with Gasteiger partial charge in [0, 0.05) is 32.1 Å². The minimum Gasteiger partial charge on any atom is -0.403 e. The Morgan fingerprint density at radius 1 is 1.22 bits per heavy atom. The van der Waals surface area contributed by atoms with Crippen LogP contribution in [0, 0.1) is 5.41 Å². The molecule has 8 heteroatoms. The SMILES string of the molecule is CNC(=O)c1cc(C(=O)N/C(C=N)=C/N)cc(C(OC)c2ccccc2)n1. The fourth-order valence-corrected chi connectivity index (χ4v) is 2.45. The van der Waals surface area contributed by atoms with Crippen molar-refractivity contribution in [1.82, 2.24) is 15.6 Å². The molecule has 140 valence electrons. The molecule has 0 radical (unpaired) electrons. The number of carbonyl (C=O) groups excluding carboxylic acids is 2. The van der Waals surface area contributed by atoms with E-state index in [1.54, 1.807) is 6.07 Å². The first-order valence-electron chi connectivity index (χ1n) is 8.09. The Balaban J connectivity index is 2.52. The van der Waals surface area contributed by atoms with Gasteiger partial charge in [-0.15, -0.1) is 0 Å². The molecule has 0 spiro atoms. The molecular weight excluding hydrogens is 346 g/mol. The van der Waals surface area contributed by atoms with E-state index in [0.29, 0.717) is 5.69 Å². The van der Waals surface area contributed by atoms with E-state index in [4.69, 9.17) is 15.9 Å². The number of hydrogen-bond donors (Lipinski definition) is 4. The van der Waals surface area contributed by atoms with E-state index in [9.17, 15) is 9.59 Å². The van der Waals surface area contributed by atoms with E-state index in [1.165, 1.54) is 20.2 Å². The number of aromatic nitrogens is 1. The zero-order valence-corrected chi connectivity index (χ0v) is 15.0. The molecule has 1 aromatic carbocycles. The predicted octanol–water partition coefficient (Wildman–Crippen LogP) is 1.36. The summed E-state index contributed by atoms with van der Waals surface area (Å²) in [4.78, 5) is 29.0. The number of carbonyl (C=O) groups is 2. The van der Waals surface area contributed by atoms with Crippen LogP contribution in [0.25, 0.3) is 0 Å². The van der Waals surface area contributed by atoms with Crippen molar-refractivity contribution >= 4 is 18.0 Å². The Hall–Kier alpha value is -3.52. The average Bonchev–Trinajstić information content (AvgIpc) is 2.72. The normalized spacial score (nSPS) is 12.1. The van der Waals surface area contributed by atoms with Crippen LogP contribution in [0.3, 0.4) is 0 Å². The zero-order valence-electron chi connectivity index (χ0n) is 15.0. The number of methoxy groups -OCH3 is 1. The Kier molecular flexibility index (Phi) is 6.79. The van der Waals surface area contributed by atoms with Gasteiger partial charge >= 0.3 is 0 Å². The summed E-state index contributed by atoms with van der Waals surface area (Å²) >= 11 is 0. The van der Waals surface area contributed by atoms with Gasteiger partial charge in [-0.2, -0.15) is 0 Å². The number of pyridine rings is 1. The van der Waals surface area contributed by atoms with Crippen molar-refractivity contribution < 1.29 is 14.3 Å². The van der Waals surface area contributed by atoms with Gasteiger partial charge < -0.3 is 26.5 Å². The van der Waals surface area contributed by atoms with Crippen molar-refractivity contribution in [1.29, 1.82) is 5.41 Å². The molecule has 2 rings (SSSR count). The third kappa shape index (κ3) is 4.77. The molecular formula is C19H21N5O3. The molecule has 0 aliphatic heterocycles. The highest BCUT2D eigenvalue weighted by molar-refractivity contribution is 6.01. The maximum absolute atomic E-state index is 12.5. The molecule has 1 heterocycles. The molecule has 0 saturated carbocycles. The Morgan fingerprint density at radius 2 is 1.93 bits per heavy atom. The molecule has 1 aromatic heterocycles. The Labute approximate surface area is 156 Å². The van der Waals surface area contributed by atoms with Gasteiger partial charge in [0.25, 0.3) is 11.8 Å². The monoisotopic (exact) mass is 367 g/mol. The highest BCUT2D eigenvalue weighted by Crippen LogP contribution is 2.25. The molecule has 0 fully saturated rings. The number of rotatable bonds is 7. The number of hydrogen-bond acceptors (Lipinski definition) is 6. The summed E-state index contributed by atoms with van der Waals surface area (Å²) in [6, 6.07) is 12.2. The lowest BCUT2D eigenvalue weighted by molar-refractivity contribution is 0.0955. The summed E-state index contributed by atoms with van der Waals surface area (Å²) in [5.74, 6) is -0.956. The lowest BCUT2D eigenvalue weighted by Gasteiger charge is -2.17. The smallest absolute Gasteiger partial charge is 0.269 e. The van der Waals surface area contributed by atoms with E-state index in [2.05, 4.69) is 15.6 Å². The number of benzene rings is 1. The number of nitrogens with two attached hydrogens (primary N) is 1. The van der Waals surface area contributed by atoms with Crippen LogP contribution in [0.5, 0.6) is 0 Å². The van der Waals surface area contributed by atoms with E-state index >= 15 is 0 Å². The Morgan fingerprint density at radius 3 is 2.48 bits per heavy atom. The summed E-state index contributed by atoms with van der Waals surface area (Å²) in [6.07, 6.45) is 1.46. The van der Waals surface area contributed by atoms with E-state index in [1.807, 2.05) is 30.3 Å². The predicted molar refractivity (Wildman–Crippen MR) is 101 cm³/mol. The first-order chi connectivity index (χ1) is 13.0. The number of amides is 2. The van der Waals surface area contributed by atoms with Gasteiger partial charge in [-0.1, -0.05) is 30.3 Å². The van der Waals surface area contributed by atoms with Gasteiger partial charge in [0.05, 0.1) is 11.4 Å². The van der Waals surface area contributed by atoms with Crippen molar-refractivity contribution in [3.05, 3.63) is 76.9 Å². The minimum absolute atomic E-state index is 0.0752. The molecule has 0 aliphatic carbocycles. The second-order valence-corrected chi connectivity index (χ2v) is 5.49. The van der Waals surface area contributed by atoms with Gasteiger partial charge in [-0.3, -0.25) is 9.59 Å². The van der Waals surface area contributed by atoms with Crippen LogP contribution in [-0.2, 0) is 4.74 Å². The molecule has 1 unspecified atom stereocenters. The number of nitrogens with zero attached hydrogens (tertiary/aromatic N) is 1. The molecule has 5 N–H and O–H groups in total. The quantitative estimate of drug-likeness (QED) is 0.549. The maximum atomic E-state index is 12.5. The highest BCUT2D eigenvalue weighted by atomic mass is 16.5. The van der Waals surface area contributed by atoms with Crippen molar-refractivity contribution in [3.63, 3.8) is 0 Å². The fraction of sp³-hybridized carbons (Fsp3) is 0.158. The first kappa shape index (κ1) is 19.8. The topological polar surface area (TPSA) is 130 Å². The molecule has 2 amide bonds. The standard InChI is InChI=1S/C19H21N5O3/c1-22-19(26)16-9-13(18(25)23-14(10-20)11-21)8-15(24-16)17(27-2)12-6-4-3-5-7-12/h3-11,17,20H,21H2,1-2H3,(H,22,26)(H,23,25)/b14-11+,20-10?. The van der Waals surface area contributed by atoms with Crippen molar-refractivity contribution in [2.45, 2.75) is 6.10 Å². The maximum Gasteiger partial charge on any atom is 0.269 e. The van der Waals surface area contributed by atoms with Crippen LogP contribution in [0.4, 0.5) is 0 Å². The zero-order chi connectivity index (χ0) is 19.8. The van der Waals surface area contributed by atoms with Crippen LogP contribution in [0.1, 0.15) is 38.2 Å². The lowest BCUT2D eigenvalue weighted by Crippen LogP contribution is -2.26. The highest BCUT2D eigenvalue weighted by Gasteiger charge is 2.20. The van der Waals surface area contributed by atoms with Crippen LogP contribution in [-0.4, -0.2) is 37.2 Å². The van der Waals surface area contributed by atoms with Gasteiger partial charge in [-0.25, -0.2) is 4.98 Å². The molecule has 2 aromatic rings. The number of allylic oxidation sites excluding steroid dienone is 1. The van der Waals surface area contributed by atoms with E-state index in [0.717, 1.165) is 18.0 Å². The third-order valence-electron chi connectivity index (χ3n) is 3.77. The van der Waals surface area contributed by atoms with Gasteiger partial charge in [0.1, 0.15) is 11.8 Å². The van der Waals surface area contributed by atoms with Gasteiger partial charge in [-0.05, 0) is 17.7 Å². The largest absolute Gasteiger partial charge is 0.403 e. The average molecular weight is 367 g/mol. The third-order valence-corrected chi connectivity index (χ3v) is 3.77. The molecule has 8 nitrogen and oxygen atoms in total. The summed E-state index contributed by atoms with van der Waals surface area (Å²) in [6.45, 7) is 0. The molecule has 27 heavy (non-hydrogen) atoms. The summed E-state index contributed by atoms with van der Waals surface area (Å²) in [5, 5.41) is 12.2. The van der Waals surface area contributed by atoms with Crippen molar-refractivity contribution in [2.75, 3.05) is 14.2 Å². The number of ether oxygens (including phenoxy) is 1. The molecule has 0 saturated heterocycles. The summed E-state index contributed by atoms with van der Waals surface area (Å²) in [5.41, 5.74) is 6.99. The van der Waals surface area contributed by atoms with Gasteiger partial charge in [0.2, 0.25) is 0 Å². The second-order valence-electron chi connectivity index (χ2n) is 5.49. The minimum atomic E-state index is -0.561.